The third kappa shape index (κ3) is 10.1. The Kier molecular flexibility index (Phi) is 9.60. The van der Waals surface area contributed by atoms with Gasteiger partial charge in [0.05, 0.1) is 0 Å². The van der Waals surface area contributed by atoms with E-state index in [0.29, 0.717) is 18.2 Å². The van der Waals surface area contributed by atoms with Gasteiger partial charge in [0.15, 0.2) is 0 Å². The van der Waals surface area contributed by atoms with Crippen molar-refractivity contribution in [1.29, 1.82) is 0 Å². The monoisotopic (exact) mass is 289 g/mol. The lowest BCUT2D eigenvalue weighted by Crippen LogP contribution is -2.40. The molecule has 19 heavy (non-hydrogen) atoms. The highest BCUT2D eigenvalue weighted by molar-refractivity contribution is 7.99. The summed E-state index contributed by atoms with van der Waals surface area (Å²) in [6.45, 7) is 2.08. The van der Waals surface area contributed by atoms with Crippen LogP contribution in [0, 0.1) is 0 Å². The van der Waals surface area contributed by atoms with Crippen LogP contribution in [0.3, 0.4) is 0 Å². The van der Waals surface area contributed by atoms with E-state index < -0.39 is 23.9 Å². The summed E-state index contributed by atoms with van der Waals surface area (Å²) in [6.07, 6.45) is 3.96. The van der Waals surface area contributed by atoms with Crippen LogP contribution in [0.2, 0.25) is 0 Å². The molecule has 0 aliphatic rings. The highest BCUT2D eigenvalue weighted by Gasteiger charge is 2.18. The third-order valence-electron chi connectivity index (χ3n) is 2.18. The number of unbranched alkanes of at least 4 members (excludes halogenated alkanes) is 1. The maximum absolute atomic E-state index is 11.3. The molecule has 3 N–H and O–H groups in total. The molecule has 7 heteroatoms. The molecule has 0 fully saturated rings. The van der Waals surface area contributed by atoms with Gasteiger partial charge < -0.3 is 15.5 Å². The van der Waals surface area contributed by atoms with Gasteiger partial charge in [0, 0.05) is 12.2 Å². The molecular weight excluding hydrogens is 270 g/mol. The van der Waals surface area contributed by atoms with E-state index in [4.69, 9.17) is 10.2 Å². The number of carboxylic acid groups (broad SMARTS) is 2. The topological polar surface area (TPSA) is 104 Å². The normalized spacial score (nSPS) is 12.3. The van der Waals surface area contributed by atoms with Crippen molar-refractivity contribution in [3.63, 3.8) is 0 Å². The summed E-state index contributed by atoms with van der Waals surface area (Å²) >= 11 is 1.64. The number of carbonyl (C=O) groups excluding carboxylic acids is 1. The predicted molar refractivity (Wildman–Crippen MR) is 73.2 cm³/mol. The van der Waals surface area contributed by atoms with Crippen molar-refractivity contribution in [3.8, 4) is 0 Å². The number of thioether (sulfide) groups is 1. The molecule has 0 aromatic carbocycles. The van der Waals surface area contributed by atoms with Gasteiger partial charge >= 0.3 is 11.9 Å². The summed E-state index contributed by atoms with van der Waals surface area (Å²) < 4.78 is 0. The molecule has 0 heterocycles. The Labute approximate surface area is 116 Å². The number of nitrogens with one attached hydrogen (secondary N) is 1. The first-order valence-corrected chi connectivity index (χ1v) is 7.15. The fourth-order valence-corrected chi connectivity index (χ4v) is 2.27. The van der Waals surface area contributed by atoms with Gasteiger partial charge in [-0.2, -0.15) is 11.8 Å². The van der Waals surface area contributed by atoms with Gasteiger partial charge in [0.2, 0.25) is 5.91 Å². The number of carboxylic acids is 2. The van der Waals surface area contributed by atoms with Crippen LogP contribution in [0.15, 0.2) is 12.2 Å². The average Bonchev–Trinajstić information content (AvgIpc) is 2.34. The molecule has 1 atom stereocenters. The highest BCUT2D eigenvalue weighted by atomic mass is 32.2. The Hall–Kier alpha value is -1.50. The molecule has 0 aliphatic carbocycles. The largest absolute Gasteiger partial charge is 0.480 e. The number of aliphatic carboxylic acids is 2. The van der Waals surface area contributed by atoms with Crippen LogP contribution in [-0.2, 0) is 14.4 Å². The van der Waals surface area contributed by atoms with Crippen LogP contribution in [0.25, 0.3) is 0 Å². The van der Waals surface area contributed by atoms with Crippen LogP contribution in [0.1, 0.15) is 26.2 Å². The molecule has 108 valence electrons. The summed E-state index contributed by atoms with van der Waals surface area (Å²) in [5, 5.41) is 19.5. The minimum Gasteiger partial charge on any atom is -0.480 e. The lowest BCUT2D eigenvalue weighted by molar-refractivity contribution is -0.141. The Balaban J connectivity index is 4.08. The summed E-state index contributed by atoms with van der Waals surface area (Å²) in [7, 11) is 0. The molecular formula is C12H19NO5S. The predicted octanol–water partition coefficient (Wildman–Crippen LogP) is 1.12. The lowest BCUT2D eigenvalue weighted by atomic mass is 10.2. The highest BCUT2D eigenvalue weighted by Crippen LogP contribution is 2.08. The van der Waals surface area contributed by atoms with Crippen molar-refractivity contribution < 1.29 is 24.6 Å². The molecule has 0 aliphatic heterocycles. The van der Waals surface area contributed by atoms with Gasteiger partial charge in [-0.3, -0.25) is 4.79 Å². The number of hydrogen-bond acceptors (Lipinski definition) is 4. The van der Waals surface area contributed by atoms with Gasteiger partial charge in [-0.15, -0.1) is 0 Å². The minimum atomic E-state index is -1.25. The van der Waals surface area contributed by atoms with Crippen molar-refractivity contribution in [2.45, 2.75) is 32.2 Å². The first-order chi connectivity index (χ1) is 8.97. The molecule has 1 amide bonds. The van der Waals surface area contributed by atoms with Crippen molar-refractivity contribution >= 4 is 29.6 Å². The maximum Gasteiger partial charge on any atom is 0.328 e. The summed E-state index contributed by atoms with van der Waals surface area (Å²) in [6, 6.07) is -0.986. The average molecular weight is 289 g/mol. The van der Waals surface area contributed by atoms with E-state index in [0.717, 1.165) is 24.7 Å². The molecule has 6 nitrogen and oxygen atoms in total. The van der Waals surface area contributed by atoms with Crippen LogP contribution in [-0.4, -0.2) is 45.6 Å². The minimum absolute atomic E-state index is 0.316. The van der Waals surface area contributed by atoms with Crippen LogP contribution in [0.5, 0.6) is 0 Å². The fourth-order valence-electron chi connectivity index (χ4n) is 1.17. The van der Waals surface area contributed by atoms with E-state index in [2.05, 4.69) is 12.2 Å². The number of amides is 1. The maximum atomic E-state index is 11.3. The van der Waals surface area contributed by atoms with Gasteiger partial charge in [0.1, 0.15) is 6.04 Å². The lowest BCUT2D eigenvalue weighted by Gasteiger charge is -2.12. The van der Waals surface area contributed by atoms with Gasteiger partial charge in [-0.1, -0.05) is 13.3 Å². The smallest absolute Gasteiger partial charge is 0.328 e. The quantitative estimate of drug-likeness (QED) is 0.411. The van der Waals surface area contributed by atoms with E-state index in [9.17, 15) is 14.4 Å². The van der Waals surface area contributed by atoms with Gasteiger partial charge in [-0.25, -0.2) is 9.59 Å². The Bertz CT molecular complexity index is 343. The standard InChI is InChI=1S/C12H19NO5S/c1-2-3-7-19-8-6-9(12(17)18)13-10(14)4-5-11(15)16/h4-5,9H,2-3,6-8H2,1H3,(H,13,14)(H,15,16)(H,17,18). The van der Waals surface area contributed by atoms with E-state index in [1.807, 2.05) is 0 Å². The molecule has 0 radical (unpaired) electrons. The molecule has 0 rings (SSSR count). The second-order valence-corrected chi connectivity index (χ2v) is 5.05. The summed E-state index contributed by atoms with van der Waals surface area (Å²) in [5.74, 6) is -1.48. The SMILES string of the molecule is CCCCSCCC(NC(=O)C=CC(=O)O)C(=O)O. The van der Waals surface area contributed by atoms with Gasteiger partial charge in [0.25, 0.3) is 0 Å². The van der Waals surface area contributed by atoms with Crippen molar-refractivity contribution in [3.05, 3.63) is 12.2 Å². The third-order valence-corrected chi connectivity index (χ3v) is 3.29. The second-order valence-electron chi connectivity index (χ2n) is 3.83. The molecule has 0 bridgehead atoms. The first kappa shape index (κ1) is 17.5. The number of rotatable bonds is 10. The molecule has 0 saturated carbocycles. The number of carbonyl (C=O) groups is 3. The Morgan fingerprint density at radius 2 is 1.89 bits per heavy atom. The molecule has 0 aromatic rings. The van der Waals surface area contributed by atoms with Crippen molar-refractivity contribution in [2.75, 3.05) is 11.5 Å². The van der Waals surface area contributed by atoms with E-state index >= 15 is 0 Å². The molecule has 0 spiro atoms. The molecule has 0 aromatic heterocycles. The zero-order valence-corrected chi connectivity index (χ0v) is 11.6. The van der Waals surface area contributed by atoms with Crippen molar-refractivity contribution in [1.82, 2.24) is 5.32 Å². The van der Waals surface area contributed by atoms with Gasteiger partial charge in [-0.05, 0) is 24.3 Å². The fraction of sp³-hybridized carbons (Fsp3) is 0.583. The second kappa shape index (κ2) is 10.4. The molecule has 0 saturated heterocycles. The Morgan fingerprint density at radius 3 is 2.42 bits per heavy atom. The summed E-state index contributed by atoms with van der Waals surface area (Å²) in [4.78, 5) is 32.4. The Morgan fingerprint density at radius 1 is 1.21 bits per heavy atom. The first-order valence-electron chi connectivity index (χ1n) is 5.99. The summed E-state index contributed by atoms with van der Waals surface area (Å²) in [5.41, 5.74) is 0. The van der Waals surface area contributed by atoms with Crippen LogP contribution in [0.4, 0.5) is 0 Å². The van der Waals surface area contributed by atoms with Crippen molar-refractivity contribution in [2.24, 2.45) is 0 Å². The van der Waals surface area contributed by atoms with E-state index in [1.54, 1.807) is 11.8 Å². The van der Waals surface area contributed by atoms with E-state index in [1.165, 1.54) is 0 Å². The zero-order valence-electron chi connectivity index (χ0n) is 10.8. The van der Waals surface area contributed by atoms with Crippen LogP contribution >= 0.6 is 11.8 Å². The molecule has 1 unspecified atom stereocenters. The number of hydrogen-bond donors (Lipinski definition) is 3. The van der Waals surface area contributed by atoms with E-state index in [-0.39, 0.29) is 0 Å². The zero-order chi connectivity index (χ0) is 14.7. The van der Waals surface area contributed by atoms with Crippen LogP contribution < -0.4 is 5.32 Å².